The highest BCUT2D eigenvalue weighted by atomic mass is 35.5. The van der Waals surface area contributed by atoms with Gasteiger partial charge in [0.05, 0.1) is 17.7 Å². The van der Waals surface area contributed by atoms with E-state index in [1.54, 1.807) is 12.1 Å². The molecule has 3 rings (SSSR count). The van der Waals surface area contributed by atoms with E-state index in [0.29, 0.717) is 5.56 Å². The third-order valence-electron chi connectivity index (χ3n) is 3.95. The van der Waals surface area contributed by atoms with Gasteiger partial charge in [-0.05, 0) is 18.2 Å². The largest absolute Gasteiger partial charge is 0.492 e. The maximum Gasteiger partial charge on any atom is 0.356 e. The predicted octanol–water partition coefficient (Wildman–Crippen LogP) is 5.05. The molecule has 2 N–H and O–H groups in total. The van der Waals surface area contributed by atoms with Crippen molar-refractivity contribution in [3.63, 3.8) is 0 Å². The molecule has 1 heterocycles. The summed E-state index contributed by atoms with van der Waals surface area (Å²) in [5.41, 5.74) is -0.375. The summed E-state index contributed by atoms with van der Waals surface area (Å²) < 4.78 is 33.5. The number of nitrogens with zero attached hydrogens (tertiary/aromatic N) is 2. The molecule has 0 saturated carbocycles. The molecule has 2 aromatic carbocycles. The molecule has 0 bridgehead atoms. The molecule has 0 saturated heterocycles. The number of nitrogens with one attached hydrogen (secondary N) is 1. The third-order valence-corrected chi connectivity index (χ3v) is 4.61. The second kappa shape index (κ2) is 8.59. The van der Waals surface area contributed by atoms with Crippen molar-refractivity contribution < 1.29 is 23.4 Å². The van der Waals surface area contributed by atoms with E-state index in [4.69, 9.17) is 27.9 Å². The lowest BCUT2D eigenvalue weighted by molar-refractivity contribution is 0.0690. The van der Waals surface area contributed by atoms with Gasteiger partial charge in [-0.3, -0.25) is 0 Å². The molecule has 0 unspecified atom stereocenters. The van der Waals surface area contributed by atoms with E-state index in [1.165, 1.54) is 31.4 Å². The molecule has 0 aliphatic rings. The van der Waals surface area contributed by atoms with Crippen LogP contribution in [0.5, 0.6) is 5.75 Å². The molecule has 150 valence electrons. The van der Waals surface area contributed by atoms with Crippen molar-refractivity contribution in [2.75, 3.05) is 12.4 Å². The van der Waals surface area contributed by atoms with Gasteiger partial charge in [-0.1, -0.05) is 41.4 Å². The highest BCUT2D eigenvalue weighted by molar-refractivity contribution is 6.35. The first kappa shape index (κ1) is 20.8. The number of hydrogen-bond acceptors (Lipinski definition) is 5. The van der Waals surface area contributed by atoms with Gasteiger partial charge >= 0.3 is 5.97 Å². The Hall–Kier alpha value is -2.97. The Balaban J connectivity index is 2.08. The molecule has 0 aliphatic heterocycles. The fourth-order valence-electron chi connectivity index (χ4n) is 2.54. The minimum absolute atomic E-state index is 0.0269. The number of aromatic carboxylic acids is 1. The Morgan fingerprint density at radius 3 is 2.55 bits per heavy atom. The summed E-state index contributed by atoms with van der Waals surface area (Å²) in [6.07, 6.45) is 0. The summed E-state index contributed by atoms with van der Waals surface area (Å²) in [7, 11) is 1.24. The van der Waals surface area contributed by atoms with E-state index in [0.717, 1.165) is 0 Å². The molecule has 0 atom stereocenters. The van der Waals surface area contributed by atoms with Gasteiger partial charge in [0.25, 0.3) is 0 Å². The van der Waals surface area contributed by atoms with Crippen LogP contribution < -0.4 is 10.1 Å². The number of aromatic nitrogens is 2. The first-order valence-corrected chi connectivity index (χ1v) is 8.89. The lowest BCUT2D eigenvalue weighted by Gasteiger charge is -2.13. The van der Waals surface area contributed by atoms with Gasteiger partial charge in [-0.25, -0.2) is 23.5 Å². The summed E-state index contributed by atoms with van der Waals surface area (Å²) in [6, 6.07) is 8.65. The van der Waals surface area contributed by atoms with E-state index in [1.807, 2.05) is 0 Å². The summed E-state index contributed by atoms with van der Waals surface area (Å²) >= 11 is 12.0. The van der Waals surface area contributed by atoms with Crippen molar-refractivity contribution in [2.45, 2.75) is 6.54 Å². The van der Waals surface area contributed by atoms with Crippen LogP contribution in [0, 0.1) is 11.6 Å². The Kier molecular flexibility index (Phi) is 6.14. The smallest absolute Gasteiger partial charge is 0.356 e. The van der Waals surface area contributed by atoms with Crippen molar-refractivity contribution in [3.8, 4) is 17.1 Å². The maximum atomic E-state index is 14.7. The van der Waals surface area contributed by atoms with Gasteiger partial charge in [0.2, 0.25) is 0 Å². The second-order valence-corrected chi connectivity index (χ2v) is 6.54. The molecule has 29 heavy (non-hydrogen) atoms. The first-order valence-electron chi connectivity index (χ1n) is 8.14. The van der Waals surface area contributed by atoms with Crippen LogP contribution in [0.4, 0.5) is 14.6 Å². The van der Waals surface area contributed by atoms with Gasteiger partial charge in [0.1, 0.15) is 16.7 Å². The molecular formula is C19H13Cl2F2N3O3. The summed E-state index contributed by atoms with van der Waals surface area (Å²) in [5.74, 6) is -3.34. The number of halogens is 4. The normalized spacial score (nSPS) is 10.7. The van der Waals surface area contributed by atoms with Gasteiger partial charge < -0.3 is 15.2 Å². The average Bonchev–Trinajstić information content (AvgIpc) is 2.69. The van der Waals surface area contributed by atoms with E-state index in [9.17, 15) is 18.7 Å². The number of methoxy groups -OCH3 is 1. The van der Waals surface area contributed by atoms with Crippen LogP contribution in [0.25, 0.3) is 11.4 Å². The lowest BCUT2D eigenvalue weighted by atomic mass is 10.1. The van der Waals surface area contributed by atoms with Crippen LogP contribution >= 0.6 is 23.2 Å². The number of anilines is 1. The van der Waals surface area contributed by atoms with E-state index < -0.39 is 23.3 Å². The molecule has 0 fully saturated rings. The number of hydrogen-bond donors (Lipinski definition) is 2. The van der Waals surface area contributed by atoms with Gasteiger partial charge in [-0.15, -0.1) is 0 Å². The molecule has 3 aromatic rings. The molecule has 0 amide bonds. The summed E-state index contributed by atoms with van der Waals surface area (Å²) in [5, 5.41) is 11.9. The number of ether oxygens (including phenoxy) is 1. The zero-order chi connectivity index (χ0) is 21.1. The highest BCUT2D eigenvalue weighted by Crippen LogP contribution is 2.35. The molecule has 10 heteroatoms. The molecule has 1 aromatic heterocycles. The third kappa shape index (κ3) is 4.23. The predicted molar refractivity (Wildman–Crippen MR) is 105 cm³/mol. The Morgan fingerprint density at radius 1 is 1.17 bits per heavy atom. The molecular weight excluding hydrogens is 427 g/mol. The first-order chi connectivity index (χ1) is 13.8. The zero-order valence-corrected chi connectivity index (χ0v) is 16.4. The van der Waals surface area contributed by atoms with Crippen molar-refractivity contribution >= 4 is 35.0 Å². The Labute approximate surface area is 174 Å². The quantitative estimate of drug-likeness (QED) is 0.559. The van der Waals surface area contributed by atoms with Gasteiger partial charge in [0, 0.05) is 12.1 Å². The van der Waals surface area contributed by atoms with Crippen molar-refractivity contribution in [1.82, 2.24) is 9.97 Å². The number of benzene rings is 2. The van der Waals surface area contributed by atoms with Gasteiger partial charge in [-0.2, -0.15) is 0 Å². The molecule has 0 spiro atoms. The summed E-state index contributed by atoms with van der Waals surface area (Å²) in [6.45, 7) is -0.0334. The van der Waals surface area contributed by atoms with Crippen molar-refractivity contribution in [1.29, 1.82) is 0 Å². The van der Waals surface area contributed by atoms with E-state index in [-0.39, 0.29) is 39.5 Å². The SMILES string of the molecule is COc1c(Cl)ccc(-c2nc(NCc3ccccc3F)c(Cl)c(C(=O)O)n2)c1F. The van der Waals surface area contributed by atoms with Crippen LogP contribution in [0.2, 0.25) is 10.0 Å². The second-order valence-electron chi connectivity index (χ2n) is 5.75. The average molecular weight is 440 g/mol. The number of carbonyl (C=O) groups is 1. The zero-order valence-electron chi connectivity index (χ0n) is 14.8. The molecule has 0 radical (unpaired) electrons. The monoisotopic (exact) mass is 439 g/mol. The Bertz CT molecular complexity index is 1100. The van der Waals surface area contributed by atoms with Crippen LogP contribution in [-0.2, 0) is 6.54 Å². The maximum absolute atomic E-state index is 14.7. The van der Waals surface area contributed by atoms with Crippen LogP contribution in [-0.4, -0.2) is 28.2 Å². The van der Waals surface area contributed by atoms with E-state index >= 15 is 0 Å². The van der Waals surface area contributed by atoms with Crippen molar-refractivity contribution in [3.05, 3.63) is 69.3 Å². The Morgan fingerprint density at radius 2 is 1.90 bits per heavy atom. The van der Waals surface area contributed by atoms with Crippen LogP contribution in [0.3, 0.4) is 0 Å². The number of rotatable bonds is 6. The van der Waals surface area contributed by atoms with Gasteiger partial charge in [0.15, 0.2) is 23.1 Å². The summed E-state index contributed by atoms with van der Waals surface area (Å²) in [4.78, 5) is 19.5. The minimum atomic E-state index is -1.44. The van der Waals surface area contributed by atoms with Crippen molar-refractivity contribution in [2.24, 2.45) is 0 Å². The fourth-order valence-corrected chi connectivity index (χ4v) is 2.99. The minimum Gasteiger partial charge on any atom is -0.492 e. The lowest BCUT2D eigenvalue weighted by Crippen LogP contribution is -2.11. The topological polar surface area (TPSA) is 84.3 Å². The standard InChI is InChI=1S/C19H13Cl2F2N3O3/c1-29-16-11(20)7-6-10(14(16)23)17-25-15(19(27)28)13(21)18(26-17)24-8-9-4-2-3-5-12(9)22/h2-7H,8H2,1H3,(H,27,28)(H,24,25,26). The highest BCUT2D eigenvalue weighted by Gasteiger charge is 2.22. The number of carboxylic acids is 1. The fraction of sp³-hybridized carbons (Fsp3) is 0.105. The van der Waals surface area contributed by atoms with Crippen LogP contribution in [0.15, 0.2) is 36.4 Å². The molecule has 0 aliphatic carbocycles. The van der Waals surface area contributed by atoms with E-state index in [2.05, 4.69) is 15.3 Å². The molecule has 6 nitrogen and oxygen atoms in total. The van der Waals surface area contributed by atoms with Crippen LogP contribution in [0.1, 0.15) is 16.1 Å². The number of carboxylic acid groups (broad SMARTS) is 1.